The molecule has 0 aromatic heterocycles. The van der Waals surface area contributed by atoms with Crippen molar-refractivity contribution in [1.82, 2.24) is 0 Å². The second-order valence-electron chi connectivity index (χ2n) is 6.99. The summed E-state index contributed by atoms with van der Waals surface area (Å²) in [5.74, 6) is -1.47. The van der Waals surface area contributed by atoms with Gasteiger partial charge in [0.05, 0.1) is 6.61 Å². The molecule has 2 aliphatic carbocycles. The fraction of sp³-hybridized carbons (Fsp3) is 0.933. The van der Waals surface area contributed by atoms with Gasteiger partial charge in [-0.15, -0.1) is 0 Å². The number of alkyl halides is 3. The van der Waals surface area contributed by atoms with Crippen molar-refractivity contribution < 1.29 is 22.7 Å². The van der Waals surface area contributed by atoms with Crippen LogP contribution in [0, 0.1) is 35.0 Å². The molecule has 2 saturated carbocycles. The molecular formula is C15H23F3O2. The second-order valence-corrected chi connectivity index (χ2v) is 6.99. The van der Waals surface area contributed by atoms with Crippen LogP contribution in [0.1, 0.15) is 40.5 Å². The Labute approximate surface area is 118 Å². The molecule has 0 saturated heterocycles. The summed E-state index contributed by atoms with van der Waals surface area (Å²) >= 11 is 0. The van der Waals surface area contributed by atoms with E-state index in [0.29, 0.717) is 6.42 Å². The van der Waals surface area contributed by atoms with Gasteiger partial charge in [-0.2, -0.15) is 13.2 Å². The first-order valence-corrected chi connectivity index (χ1v) is 7.35. The van der Waals surface area contributed by atoms with Crippen LogP contribution >= 0.6 is 0 Å². The number of esters is 1. The first-order chi connectivity index (χ1) is 9.11. The molecule has 0 amide bonds. The summed E-state index contributed by atoms with van der Waals surface area (Å²) < 4.78 is 45.9. The van der Waals surface area contributed by atoms with E-state index in [1.807, 2.05) is 27.7 Å². The van der Waals surface area contributed by atoms with E-state index in [0.717, 1.165) is 0 Å². The van der Waals surface area contributed by atoms with Crippen LogP contribution in [0.3, 0.4) is 0 Å². The molecule has 5 atom stereocenters. The highest BCUT2D eigenvalue weighted by Gasteiger charge is 2.73. The average molecular weight is 292 g/mol. The fourth-order valence-corrected chi connectivity index (χ4v) is 4.08. The lowest BCUT2D eigenvalue weighted by atomic mass is 9.65. The molecule has 0 spiro atoms. The number of carbonyl (C=O) groups excluding carboxylic acids is 1. The predicted molar refractivity (Wildman–Crippen MR) is 68.8 cm³/mol. The molecule has 2 bridgehead atoms. The highest BCUT2D eigenvalue weighted by molar-refractivity contribution is 5.79. The Morgan fingerprint density at radius 3 is 2.30 bits per heavy atom. The molecule has 2 aliphatic rings. The molecule has 0 radical (unpaired) electrons. The Hall–Kier alpha value is -0.740. The number of halogens is 3. The molecule has 0 N–H and O–H groups in total. The van der Waals surface area contributed by atoms with Crippen LogP contribution in [0.5, 0.6) is 0 Å². The second kappa shape index (κ2) is 4.92. The minimum absolute atomic E-state index is 0.0109. The summed E-state index contributed by atoms with van der Waals surface area (Å²) in [4.78, 5) is 12.2. The highest BCUT2D eigenvalue weighted by atomic mass is 19.4. The lowest BCUT2D eigenvalue weighted by molar-refractivity contribution is -0.254. The van der Waals surface area contributed by atoms with Gasteiger partial charge in [-0.1, -0.05) is 27.7 Å². The Morgan fingerprint density at radius 1 is 1.30 bits per heavy atom. The average Bonchev–Trinajstić information content (AvgIpc) is 2.84. The lowest BCUT2D eigenvalue weighted by Gasteiger charge is -2.41. The number of hydrogen-bond acceptors (Lipinski definition) is 2. The third kappa shape index (κ3) is 2.13. The van der Waals surface area contributed by atoms with Crippen LogP contribution in [0.25, 0.3) is 0 Å². The minimum atomic E-state index is -4.52. The molecule has 2 rings (SSSR count). The topological polar surface area (TPSA) is 26.3 Å². The summed E-state index contributed by atoms with van der Waals surface area (Å²) in [6.45, 7) is 7.52. The first kappa shape index (κ1) is 15.6. The maximum atomic E-state index is 13.6. The van der Waals surface area contributed by atoms with Crippen molar-refractivity contribution in [2.45, 2.75) is 46.7 Å². The zero-order valence-electron chi connectivity index (χ0n) is 12.5. The Morgan fingerprint density at radius 2 is 1.90 bits per heavy atom. The van der Waals surface area contributed by atoms with Gasteiger partial charge in [0, 0.05) is 0 Å². The van der Waals surface area contributed by atoms with E-state index in [4.69, 9.17) is 4.74 Å². The Balaban J connectivity index is 2.28. The van der Waals surface area contributed by atoms with Gasteiger partial charge in [-0.05, 0) is 42.4 Å². The monoisotopic (exact) mass is 292 g/mol. The quantitative estimate of drug-likeness (QED) is 0.734. The van der Waals surface area contributed by atoms with E-state index < -0.39 is 23.5 Å². The van der Waals surface area contributed by atoms with Gasteiger partial charge < -0.3 is 4.74 Å². The molecule has 20 heavy (non-hydrogen) atoms. The molecule has 2 fully saturated rings. The van der Waals surface area contributed by atoms with Crippen LogP contribution < -0.4 is 0 Å². The van der Waals surface area contributed by atoms with Gasteiger partial charge >= 0.3 is 12.1 Å². The Kier molecular flexibility index (Phi) is 3.85. The van der Waals surface area contributed by atoms with E-state index in [-0.39, 0.29) is 36.7 Å². The standard InChI is InChI=1S/C15H23F3O2/c1-8(2)7-20-13(19)14(15(16,17)18)6-11-5-12(14)10(4)9(11)3/h8-12H,5-7H2,1-4H3. The van der Waals surface area contributed by atoms with Gasteiger partial charge in [0.1, 0.15) is 0 Å². The third-order valence-corrected chi connectivity index (χ3v) is 5.40. The van der Waals surface area contributed by atoms with Gasteiger partial charge in [0.2, 0.25) is 0 Å². The van der Waals surface area contributed by atoms with Crippen molar-refractivity contribution in [1.29, 1.82) is 0 Å². The maximum Gasteiger partial charge on any atom is 0.405 e. The number of carbonyl (C=O) groups is 1. The number of hydrogen-bond donors (Lipinski definition) is 0. The predicted octanol–water partition coefficient (Wildman–Crippen LogP) is 4.05. The number of rotatable bonds is 3. The molecule has 116 valence electrons. The van der Waals surface area contributed by atoms with Gasteiger partial charge in [-0.3, -0.25) is 4.79 Å². The van der Waals surface area contributed by atoms with Crippen molar-refractivity contribution in [3.63, 3.8) is 0 Å². The summed E-state index contributed by atoms with van der Waals surface area (Å²) in [5.41, 5.74) is -2.27. The largest absolute Gasteiger partial charge is 0.465 e. The summed E-state index contributed by atoms with van der Waals surface area (Å²) in [6, 6.07) is 0. The maximum absolute atomic E-state index is 13.6. The molecule has 5 heteroatoms. The SMILES string of the molecule is CC(C)COC(=O)C1(C(F)(F)F)CC2CC1C(C)C2C. The van der Waals surface area contributed by atoms with Crippen molar-refractivity contribution in [2.75, 3.05) is 6.61 Å². The van der Waals surface area contributed by atoms with E-state index in [2.05, 4.69) is 0 Å². The first-order valence-electron chi connectivity index (χ1n) is 7.35. The molecule has 0 aliphatic heterocycles. The fourth-order valence-electron chi connectivity index (χ4n) is 4.08. The molecule has 0 aromatic rings. The molecular weight excluding hydrogens is 269 g/mol. The van der Waals surface area contributed by atoms with E-state index in [9.17, 15) is 18.0 Å². The van der Waals surface area contributed by atoms with Crippen LogP contribution in [-0.2, 0) is 9.53 Å². The van der Waals surface area contributed by atoms with Crippen LogP contribution in [-0.4, -0.2) is 18.8 Å². The minimum Gasteiger partial charge on any atom is -0.465 e. The molecule has 0 aromatic carbocycles. The summed E-state index contributed by atoms with van der Waals surface area (Å²) in [6.07, 6.45) is -4.11. The number of fused-ring (bicyclic) bond motifs is 2. The highest BCUT2D eigenvalue weighted by Crippen LogP contribution is 2.66. The third-order valence-electron chi connectivity index (χ3n) is 5.40. The van der Waals surface area contributed by atoms with E-state index in [1.165, 1.54) is 0 Å². The van der Waals surface area contributed by atoms with Crippen LogP contribution in [0.15, 0.2) is 0 Å². The Bertz CT molecular complexity index is 389. The number of ether oxygens (including phenoxy) is 1. The molecule has 0 heterocycles. The summed E-state index contributed by atoms with van der Waals surface area (Å²) in [5, 5.41) is 0. The van der Waals surface area contributed by atoms with E-state index >= 15 is 0 Å². The normalized spacial score (nSPS) is 40.4. The molecule has 5 unspecified atom stereocenters. The van der Waals surface area contributed by atoms with Gasteiger partial charge in [0.25, 0.3) is 0 Å². The zero-order valence-corrected chi connectivity index (χ0v) is 12.5. The zero-order chi connectivity index (χ0) is 15.3. The lowest BCUT2D eigenvalue weighted by Crippen LogP contribution is -2.53. The van der Waals surface area contributed by atoms with Crippen molar-refractivity contribution in [2.24, 2.45) is 35.0 Å². The van der Waals surface area contributed by atoms with Crippen molar-refractivity contribution in [3.05, 3.63) is 0 Å². The van der Waals surface area contributed by atoms with Crippen molar-refractivity contribution in [3.8, 4) is 0 Å². The van der Waals surface area contributed by atoms with Crippen molar-refractivity contribution >= 4 is 5.97 Å². The van der Waals surface area contributed by atoms with Crippen LogP contribution in [0.4, 0.5) is 13.2 Å². The van der Waals surface area contributed by atoms with Gasteiger partial charge in [0.15, 0.2) is 5.41 Å². The van der Waals surface area contributed by atoms with Gasteiger partial charge in [-0.25, -0.2) is 0 Å². The summed E-state index contributed by atoms with van der Waals surface area (Å²) in [7, 11) is 0. The van der Waals surface area contributed by atoms with E-state index in [1.54, 1.807) is 0 Å². The molecule has 2 nitrogen and oxygen atoms in total. The van der Waals surface area contributed by atoms with Crippen LogP contribution in [0.2, 0.25) is 0 Å². The smallest absolute Gasteiger partial charge is 0.405 e.